The first-order chi connectivity index (χ1) is 13.1. The molecule has 4 rings (SSSR count). The molecule has 1 aromatic heterocycles. The molecule has 136 valence electrons. The summed E-state index contributed by atoms with van der Waals surface area (Å²) in [6.07, 6.45) is 2.03. The SMILES string of the molecule is CSc1c(OC(C)=O)cc(C)c2c3ccccc3n(Cc3ccccc3)c12. The third-order valence-electron chi connectivity index (χ3n) is 4.79. The number of para-hydroxylation sites is 1. The molecule has 0 aliphatic carbocycles. The Kier molecular flexibility index (Phi) is 4.66. The monoisotopic (exact) mass is 375 g/mol. The third kappa shape index (κ3) is 3.10. The first kappa shape index (κ1) is 17.7. The van der Waals surface area contributed by atoms with Crippen LogP contribution in [0.1, 0.15) is 18.1 Å². The van der Waals surface area contributed by atoms with Crippen molar-refractivity contribution >= 4 is 39.5 Å². The van der Waals surface area contributed by atoms with Crippen LogP contribution >= 0.6 is 11.8 Å². The molecular formula is C23H21NO2S. The summed E-state index contributed by atoms with van der Waals surface area (Å²) in [5.41, 5.74) is 4.67. The van der Waals surface area contributed by atoms with Crippen LogP contribution in [0.5, 0.6) is 5.75 Å². The van der Waals surface area contributed by atoms with Crippen molar-refractivity contribution in [1.82, 2.24) is 4.57 Å². The zero-order valence-corrected chi connectivity index (χ0v) is 16.5. The highest BCUT2D eigenvalue weighted by Gasteiger charge is 2.20. The normalized spacial score (nSPS) is 11.2. The molecule has 0 aliphatic rings. The van der Waals surface area contributed by atoms with Crippen LogP contribution in [0.4, 0.5) is 0 Å². The van der Waals surface area contributed by atoms with E-state index in [9.17, 15) is 4.79 Å². The molecule has 0 fully saturated rings. The van der Waals surface area contributed by atoms with Crippen molar-refractivity contribution in [3.63, 3.8) is 0 Å². The Labute approximate surface area is 162 Å². The van der Waals surface area contributed by atoms with Gasteiger partial charge in [0.15, 0.2) is 0 Å². The summed E-state index contributed by atoms with van der Waals surface area (Å²) in [5, 5.41) is 2.45. The van der Waals surface area contributed by atoms with Crippen LogP contribution < -0.4 is 4.74 Å². The fourth-order valence-corrected chi connectivity index (χ4v) is 4.46. The lowest BCUT2D eigenvalue weighted by molar-refractivity contribution is -0.132. The Morgan fingerprint density at radius 1 is 1.07 bits per heavy atom. The van der Waals surface area contributed by atoms with Gasteiger partial charge in [-0.05, 0) is 36.4 Å². The number of esters is 1. The molecule has 0 atom stereocenters. The molecule has 4 heteroatoms. The Morgan fingerprint density at radius 2 is 1.78 bits per heavy atom. The van der Waals surface area contributed by atoms with Crippen LogP contribution in [0, 0.1) is 6.92 Å². The molecule has 0 N–H and O–H groups in total. The van der Waals surface area contributed by atoms with E-state index < -0.39 is 0 Å². The standard InChI is InChI=1S/C23H21NO2S/c1-15-13-20(26-16(2)25)23(27-3)22-21(15)18-11-7-8-12-19(18)24(22)14-17-9-5-4-6-10-17/h4-13H,14H2,1-3H3. The zero-order valence-electron chi connectivity index (χ0n) is 15.7. The molecule has 0 radical (unpaired) electrons. The first-order valence-electron chi connectivity index (χ1n) is 8.91. The van der Waals surface area contributed by atoms with Gasteiger partial charge in [0.1, 0.15) is 5.75 Å². The van der Waals surface area contributed by atoms with Gasteiger partial charge in [-0.1, -0.05) is 48.5 Å². The van der Waals surface area contributed by atoms with Crippen molar-refractivity contribution in [2.75, 3.05) is 6.26 Å². The summed E-state index contributed by atoms with van der Waals surface area (Å²) in [6, 6.07) is 20.9. The van der Waals surface area contributed by atoms with Gasteiger partial charge in [-0.3, -0.25) is 4.79 Å². The number of carbonyl (C=O) groups is 1. The highest BCUT2D eigenvalue weighted by atomic mass is 32.2. The van der Waals surface area contributed by atoms with E-state index in [0.29, 0.717) is 5.75 Å². The van der Waals surface area contributed by atoms with Gasteiger partial charge < -0.3 is 9.30 Å². The van der Waals surface area contributed by atoms with E-state index in [1.165, 1.54) is 28.8 Å². The van der Waals surface area contributed by atoms with Crippen molar-refractivity contribution in [2.45, 2.75) is 25.3 Å². The molecule has 0 amide bonds. The van der Waals surface area contributed by atoms with E-state index in [4.69, 9.17) is 4.74 Å². The minimum absolute atomic E-state index is 0.297. The number of aromatic nitrogens is 1. The zero-order chi connectivity index (χ0) is 19.0. The third-order valence-corrected chi connectivity index (χ3v) is 5.60. The number of fused-ring (bicyclic) bond motifs is 3. The van der Waals surface area contributed by atoms with Crippen molar-refractivity contribution in [2.24, 2.45) is 0 Å². The van der Waals surface area contributed by atoms with Crippen LogP contribution in [-0.4, -0.2) is 16.8 Å². The summed E-state index contributed by atoms with van der Waals surface area (Å²) in [5.74, 6) is 0.340. The van der Waals surface area contributed by atoms with Crippen molar-refractivity contribution in [3.05, 3.63) is 71.8 Å². The lowest BCUT2D eigenvalue weighted by Crippen LogP contribution is -2.05. The van der Waals surface area contributed by atoms with E-state index in [2.05, 4.69) is 60.0 Å². The maximum Gasteiger partial charge on any atom is 0.308 e. The molecule has 1 heterocycles. The van der Waals surface area contributed by atoms with E-state index >= 15 is 0 Å². The van der Waals surface area contributed by atoms with Crippen LogP contribution in [0.3, 0.4) is 0 Å². The Hall–Kier alpha value is -2.72. The summed E-state index contributed by atoms with van der Waals surface area (Å²) in [4.78, 5) is 12.6. The van der Waals surface area contributed by atoms with E-state index in [1.807, 2.05) is 18.4 Å². The van der Waals surface area contributed by atoms with E-state index in [1.54, 1.807) is 11.8 Å². The second kappa shape index (κ2) is 7.12. The van der Waals surface area contributed by atoms with E-state index in [-0.39, 0.29) is 5.97 Å². The fourth-order valence-electron chi connectivity index (χ4n) is 3.75. The molecule has 0 aliphatic heterocycles. The van der Waals surface area contributed by atoms with Gasteiger partial charge in [0.25, 0.3) is 0 Å². The molecule has 0 saturated carbocycles. The molecule has 0 bridgehead atoms. The van der Waals surface area contributed by atoms with Crippen LogP contribution in [0.2, 0.25) is 0 Å². The minimum atomic E-state index is -0.297. The highest BCUT2D eigenvalue weighted by molar-refractivity contribution is 7.99. The second-order valence-electron chi connectivity index (χ2n) is 6.63. The van der Waals surface area contributed by atoms with Gasteiger partial charge in [-0.2, -0.15) is 0 Å². The maximum atomic E-state index is 11.6. The molecule has 4 aromatic rings. The molecular weight excluding hydrogens is 354 g/mol. The van der Waals surface area contributed by atoms with Gasteiger partial charge in [0.2, 0.25) is 0 Å². The second-order valence-corrected chi connectivity index (χ2v) is 7.45. The number of carbonyl (C=O) groups excluding carboxylic acids is 1. The van der Waals surface area contributed by atoms with Gasteiger partial charge in [-0.25, -0.2) is 0 Å². The smallest absolute Gasteiger partial charge is 0.308 e. The largest absolute Gasteiger partial charge is 0.425 e. The van der Waals surface area contributed by atoms with Gasteiger partial charge in [0, 0.05) is 29.8 Å². The average molecular weight is 375 g/mol. The number of rotatable bonds is 4. The Balaban J connectivity index is 2.09. The first-order valence-corrected chi connectivity index (χ1v) is 10.1. The lowest BCUT2D eigenvalue weighted by atomic mass is 10.1. The minimum Gasteiger partial charge on any atom is -0.425 e. The predicted octanol–water partition coefficient (Wildman–Crippen LogP) is 5.80. The van der Waals surface area contributed by atoms with Crippen LogP contribution in [-0.2, 0) is 11.3 Å². The summed E-state index contributed by atoms with van der Waals surface area (Å²) >= 11 is 1.62. The Bertz CT molecular complexity index is 1150. The van der Waals surface area contributed by atoms with Crippen molar-refractivity contribution in [1.29, 1.82) is 0 Å². The van der Waals surface area contributed by atoms with Crippen LogP contribution in [0.25, 0.3) is 21.8 Å². The topological polar surface area (TPSA) is 31.2 Å². The van der Waals surface area contributed by atoms with E-state index in [0.717, 1.165) is 22.5 Å². The molecule has 0 spiro atoms. The van der Waals surface area contributed by atoms with Crippen molar-refractivity contribution < 1.29 is 9.53 Å². The molecule has 3 aromatic carbocycles. The maximum absolute atomic E-state index is 11.6. The predicted molar refractivity (Wildman–Crippen MR) is 113 cm³/mol. The number of hydrogen-bond donors (Lipinski definition) is 0. The number of aryl methyl sites for hydroxylation is 1. The fraction of sp³-hybridized carbons (Fsp3) is 0.174. The Morgan fingerprint density at radius 3 is 2.48 bits per heavy atom. The highest BCUT2D eigenvalue weighted by Crippen LogP contribution is 2.42. The number of thioether (sulfide) groups is 1. The molecule has 0 unspecified atom stereocenters. The number of ether oxygens (including phenoxy) is 1. The number of nitrogens with zero attached hydrogens (tertiary/aromatic N) is 1. The quantitative estimate of drug-likeness (QED) is 0.257. The van der Waals surface area contributed by atoms with Gasteiger partial charge >= 0.3 is 5.97 Å². The summed E-state index contributed by atoms with van der Waals surface area (Å²) in [7, 11) is 0. The molecule has 3 nitrogen and oxygen atoms in total. The average Bonchev–Trinajstić information content (AvgIpc) is 2.98. The lowest BCUT2D eigenvalue weighted by Gasteiger charge is -2.14. The number of hydrogen-bond acceptors (Lipinski definition) is 3. The number of benzene rings is 3. The van der Waals surface area contributed by atoms with Crippen LogP contribution in [0.15, 0.2) is 65.6 Å². The van der Waals surface area contributed by atoms with Crippen molar-refractivity contribution in [3.8, 4) is 5.75 Å². The summed E-state index contributed by atoms with van der Waals surface area (Å²) < 4.78 is 7.89. The molecule has 0 saturated heterocycles. The summed E-state index contributed by atoms with van der Waals surface area (Å²) in [6.45, 7) is 4.29. The van der Waals surface area contributed by atoms with Gasteiger partial charge in [-0.15, -0.1) is 11.8 Å². The molecule has 27 heavy (non-hydrogen) atoms. The van der Waals surface area contributed by atoms with Gasteiger partial charge in [0.05, 0.1) is 10.4 Å².